The van der Waals surface area contributed by atoms with E-state index in [1.807, 2.05) is 23.1 Å². The van der Waals surface area contributed by atoms with E-state index in [1.165, 1.54) is 0 Å². The zero-order chi connectivity index (χ0) is 17.9. The zero-order valence-electron chi connectivity index (χ0n) is 14.7. The second-order valence-electron chi connectivity index (χ2n) is 7.05. The Morgan fingerprint density at radius 1 is 1.27 bits per heavy atom. The molecule has 2 fully saturated rings. The van der Waals surface area contributed by atoms with Gasteiger partial charge in [0.25, 0.3) is 0 Å². The van der Waals surface area contributed by atoms with Gasteiger partial charge in [0.05, 0.1) is 18.4 Å². The fourth-order valence-electron chi connectivity index (χ4n) is 3.57. The van der Waals surface area contributed by atoms with Crippen molar-refractivity contribution < 1.29 is 9.21 Å². The van der Waals surface area contributed by atoms with Crippen molar-refractivity contribution in [2.45, 2.75) is 38.3 Å². The van der Waals surface area contributed by atoms with Gasteiger partial charge < -0.3 is 14.2 Å². The maximum atomic E-state index is 13.0. The molecule has 0 spiro atoms. The normalized spacial score (nSPS) is 17.7. The van der Waals surface area contributed by atoms with Crippen LogP contribution in [0.2, 0.25) is 0 Å². The lowest BCUT2D eigenvalue weighted by Gasteiger charge is -2.34. The van der Waals surface area contributed by atoms with Crippen LogP contribution in [-0.4, -0.2) is 34.9 Å². The number of amides is 1. The fourth-order valence-corrected chi connectivity index (χ4v) is 3.57. The second-order valence-corrected chi connectivity index (χ2v) is 7.05. The maximum Gasteiger partial charge on any atom is 0.226 e. The highest BCUT2D eigenvalue weighted by Crippen LogP contribution is 2.32. The van der Waals surface area contributed by atoms with Crippen LogP contribution in [0.25, 0.3) is 0 Å². The number of pyridine rings is 1. The number of hydrogen-bond acceptors (Lipinski definition) is 5. The SMILES string of the molecule is N#Cc1ccc(N2CCC(C(=O)N(Cc3ccco3)C3CC3)CC2)nc1. The summed E-state index contributed by atoms with van der Waals surface area (Å²) in [6.45, 7) is 2.21. The number of carbonyl (C=O) groups is 1. The highest BCUT2D eigenvalue weighted by atomic mass is 16.3. The summed E-state index contributed by atoms with van der Waals surface area (Å²) >= 11 is 0. The molecular formula is C20H22N4O2. The van der Waals surface area contributed by atoms with Gasteiger partial charge in [-0.15, -0.1) is 0 Å². The molecule has 0 bridgehead atoms. The number of piperidine rings is 1. The molecule has 4 rings (SSSR count). The Morgan fingerprint density at radius 2 is 2.08 bits per heavy atom. The Bertz CT molecular complexity index is 782. The third-order valence-electron chi connectivity index (χ3n) is 5.22. The van der Waals surface area contributed by atoms with E-state index in [-0.39, 0.29) is 11.8 Å². The van der Waals surface area contributed by atoms with Crippen LogP contribution in [0.4, 0.5) is 5.82 Å². The summed E-state index contributed by atoms with van der Waals surface area (Å²) in [6, 6.07) is 9.94. The number of furan rings is 1. The lowest BCUT2D eigenvalue weighted by molar-refractivity contribution is -0.137. The summed E-state index contributed by atoms with van der Waals surface area (Å²) in [5, 5.41) is 8.88. The van der Waals surface area contributed by atoms with Crippen molar-refractivity contribution in [3.63, 3.8) is 0 Å². The third kappa shape index (κ3) is 3.57. The van der Waals surface area contributed by atoms with Gasteiger partial charge in [0.1, 0.15) is 17.6 Å². The topological polar surface area (TPSA) is 73.4 Å². The van der Waals surface area contributed by atoms with Crippen LogP contribution in [-0.2, 0) is 11.3 Å². The summed E-state index contributed by atoms with van der Waals surface area (Å²) in [4.78, 5) is 21.6. The fraction of sp³-hybridized carbons (Fsp3) is 0.450. The Hall–Kier alpha value is -2.81. The molecule has 2 aromatic heterocycles. The van der Waals surface area contributed by atoms with E-state index in [1.54, 1.807) is 18.5 Å². The molecule has 0 aromatic carbocycles. The average Bonchev–Trinajstić information content (AvgIpc) is 3.41. The van der Waals surface area contributed by atoms with Crippen LogP contribution < -0.4 is 4.90 Å². The molecule has 3 heterocycles. The Morgan fingerprint density at radius 3 is 2.65 bits per heavy atom. The third-order valence-corrected chi connectivity index (χ3v) is 5.22. The number of carbonyl (C=O) groups excluding carboxylic acids is 1. The molecular weight excluding hydrogens is 328 g/mol. The number of aromatic nitrogens is 1. The summed E-state index contributed by atoms with van der Waals surface area (Å²) in [6.07, 6.45) is 7.13. The molecule has 134 valence electrons. The molecule has 0 radical (unpaired) electrons. The van der Waals surface area contributed by atoms with Gasteiger partial charge >= 0.3 is 0 Å². The minimum atomic E-state index is 0.0696. The molecule has 2 aromatic rings. The number of nitriles is 1. The minimum absolute atomic E-state index is 0.0696. The van der Waals surface area contributed by atoms with E-state index in [4.69, 9.17) is 9.68 Å². The minimum Gasteiger partial charge on any atom is -0.467 e. The van der Waals surface area contributed by atoms with Gasteiger partial charge in [0, 0.05) is 31.2 Å². The van der Waals surface area contributed by atoms with E-state index >= 15 is 0 Å². The summed E-state index contributed by atoms with van der Waals surface area (Å²) in [7, 11) is 0. The number of nitrogens with zero attached hydrogens (tertiary/aromatic N) is 4. The standard InChI is InChI=1S/C20H22N4O2/c21-12-15-3-6-19(22-13-15)23-9-7-16(8-10-23)20(25)24(17-4-5-17)14-18-2-1-11-26-18/h1-3,6,11,13,16-17H,4-5,7-10,14H2. The Balaban J connectivity index is 1.37. The first-order valence-electron chi connectivity index (χ1n) is 9.18. The molecule has 6 nitrogen and oxygen atoms in total. The van der Waals surface area contributed by atoms with Crippen LogP contribution >= 0.6 is 0 Å². The monoisotopic (exact) mass is 350 g/mol. The predicted molar refractivity (Wildman–Crippen MR) is 96.2 cm³/mol. The van der Waals surface area contributed by atoms with Crippen LogP contribution in [0, 0.1) is 17.2 Å². The molecule has 1 aliphatic carbocycles. The first-order valence-corrected chi connectivity index (χ1v) is 9.18. The summed E-state index contributed by atoms with van der Waals surface area (Å²) in [5.41, 5.74) is 0.566. The molecule has 1 saturated heterocycles. The van der Waals surface area contributed by atoms with Crippen LogP contribution in [0.1, 0.15) is 37.0 Å². The Labute approximate surface area is 153 Å². The van der Waals surface area contributed by atoms with Gasteiger partial charge in [-0.2, -0.15) is 5.26 Å². The van der Waals surface area contributed by atoms with Crippen LogP contribution in [0.15, 0.2) is 41.1 Å². The van der Waals surface area contributed by atoms with Crippen molar-refractivity contribution >= 4 is 11.7 Å². The molecule has 1 aliphatic heterocycles. The lowest BCUT2D eigenvalue weighted by atomic mass is 9.95. The van der Waals surface area contributed by atoms with Gasteiger partial charge in [0.2, 0.25) is 5.91 Å². The van der Waals surface area contributed by atoms with Gasteiger partial charge in [-0.25, -0.2) is 4.98 Å². The maximum absolute atomic E-state index is 13.0. The van der Waals surface area contributed by atoms with Crippen molar-refractivity contribution in [1.29, 1.82) is 5.26 Å². The second kappa shape index (κ2) is 7.20. The van der Waals surface area contributed by atoms with Gasteiger partial charge in [-0.3, -0.25) is 4.79 Å². The number of anilines is 1. The highest BCUT2D eigenvalue weighted by Gasteiger charge is 2.37. The average molecular weight is 350 g/mol. The molecule has 0 N–H and O–H groups in total. The smallest absolute Gasteiger partial charge is 0.226 e. The van der Waals surface area contributed by atoms with Crippen LogP contribution in [0.5, 0.6) is 0 Å². The quantitative estimate of drug-likeness (QED) is 0.829. The van der Waals surface area contributed by atoms with E-state index < -0.39 is 0 Å². The van der Waals surface area contributed by atoms with Crippen molar-refractivity contribution in [1.82, 2.24) is 9.88 Å². The molecule has 0 atom stereocenters. The first kappa shape index (κ1) is 16.6. The molecule has 1 saturated carbocycles. The number of hydrogen-bond donors (Lipinski definition) is 0. The van der Waals surface area contributed by atoms with E-state index in [0.717, 1.165) is 50.4 Å². The molecule has 1 amide bonds. The van der Waals surface area contributed by atoms with Crippen molar-refractivity contribution in [2.75, 3.05) is 18.0 Å². The van der Waals surface area contributed by atoms with Crippen molar-refractivity contribution in [3.8, 4) is 6.07 Å². The largest absolute Gasteiger partial charge is 0.467 e. The van der Waals surface area contributed by atoms with Gasteiger partial charge in [-0.1, -0.05) is 0 Å². The number of rotatable bonds is 5. The van der Waals surface area contributed by atoms with E-state index in [0.29, 0.717) is 18.2 Å². The van der Waals surface area contributed by atoms with Crippen molar-refractivity contribution in [3.05, 3.63) is 48.0 Å². The van der Waals surface area contributed by atoms with E-state index in [2.05, 4.69) is 16.0 Å². The van der Waals surface area contributed by atoms with Gasteiger partial charge in [-0.05, 0) is 49.9 Å². The van der Waals surface area contributed by atoms with Crippen molar-refractivity contribution in [2.24, 2.45) is 5.92 Å². The zero-order valence-corrected chi connectivity index (χ0v) is 14.7. The van der Waals surface area contributed by atoms with Gasteiger partial charge in [0.15, 0.2) is 0 Å². The molecule has 6 heteroatoms. The highest BCUT2D eigenvalue weighted by molar-refractivity contribution is 5.79. The summed E-state index contributed by atoms with van der Waals surface area (Å²) < 4.78 is 5.44. The molecule has 26 heavy (non-hydrogen) atoms. The molecule has 0 unspecified atom stereocenters. The lowest BCUT2D eigenvalue weighted by Crippen LogP contribution is -2.43. The molecule has 2 aliphatic rings. The van der Waals surface area contributed by atoms with E-state index in [9.17, 15) is 4.79 Å². The van der Waals surface area contributed by atoms with Crippen LogP contribution in [0.3, 0.4) is 0 Å². The summed E-state index contributed by atoms with van der Waals surface area (Å²) in [5.74, 6) is 2.06. The first-order chi connectivity index (χ1) is 12.7. The Kier molecular flexibility index (Phi) is 4.61. The predicted octanol–water partition coefficient (Wildman–Crippen LogP) is 2.95.